The highest BCUT2D eigenvalue weighted by atomic mass is 16.3. The Hall–Kier alpha value is -1.97. The van der Waals surface area contributed by atoms with Gasteiger partial charge in [-0.1, -0.05) is 18.2 Å². The lowest BCUT2D eigenvalue weighted by Gasteiger charge is -2.09. The van der Waals surface area contributed by atoms with Gasteiger partial charge < -0.3 is 10.4 Å². The smallest absolute Gasteiger partial charge is 0.124 e. The first-order chi connectivity index (χ1) is 8.20. The van der Waals surface area contributed by atoms with Crippen LogP contribution in [0.15, 0.2) is 30.3 Å². The average molecular weight is 231 g/mol. The minimum Gasteiger partial charge on any atom is -0.508 e. The van der Waals surface area contributed by atoms with Crippen molar-refractivity contribution in [3.05, 3.63) is 41.6 Å². The Labute approximate surface area is 101 Å². The average Bonchev–Trinajstić information content (AvgIpc) is 2.69. The van der Waals surface area contributed by atoms with Crippen LogP contribution >= 0.6 is 0 Å². The Bertz CT molecular complexity index is 505. The molecule has 0 unspecified atom stereocenters. The molecular formula is C13H17N3O. The normalized spacial score (nSPS) is 10.5. The van der Waals surface area contributed by atoms with Gasteiger partial charge in [-0.25, -0.2) is 4.68 Å². The summed E-state index contributed by atoms with van der Waals surface area (Å²) in [7, 11) is 0. The van der Waals surface area contributed by atoms with Crippen molar-refractivity contribution < 1.29 is 5.11 Å². The summed E-state index contributed by atoms with van der Waals surface area (Å²) in [5.41, 5.74) is 1.88. The van der Waals surface area contributed by atoms with Crippen molar-refractivity contribution in [1.29, 1.82) is 0 Å². The highest BCUT2D eigenvalue weighted by Crippen LogP contribution is 2.18. The van der Waals surface area contributed by atoms with Gasteiger partial charge in [0.25, 0.3) is 0 Å². The second-order valence-corrected chi connectivity index (χ2v) is 3.97. The van der Waals surface area contributed by atoms with E-state index in [2.05, 4.69) is 17.3 Å². The van der Waals surface area contributed by atoms with Gasteiger partial charge in [0.15, 0.2) is 0 Å². The van der Waals surface area contributed by atoms with E-state index in [9.17, 15) is 5.11 Å². The third kappa shape index (κ3) is 2.58. The molecule has 90 valence electrons. The largest absolute Gasteiger partial charge is 0.508 e. The van der Waals surface area contributed by atoms with Gasteiger partial charge in [0.05, 0.1) is 5.69 Å². The fourth-order valence-electron chi connectivity index (χ4n) is 1.77. The Morgan fingerprint density at radius 2 is 2.12 bits per heavy atom. The van der Waals surface area contributed by atoms with E-state index in [0.29, 0.717) is 12.3 Å². The molecule has 0 radical (unpaired) electrons. The molecule has 0 fully saturated rings. The predicted octanol–water partition coefficient (Wildman–Crippen LogP) is 2.53. The zero-order valence-electron chi connectivity index (χ0n) is 10.1. The van der Waals surface area contributed by atoms with Crippen LogP contribution in [-0.2, 0) is 13.1 Å². The van der Waals surface area contributed by atoms with Crippen molar-refractivity contribution >= 4 is 5.82 Å². The number of nitrogens with zero attached hydrogens (tertiary/aromatic N) is 2. The van der Waals surface area contributed by atoms with Gasteiger partial charge in [-0.2, -0.15) is 5.10 Å². The molecule has 0 spiro atoms. The van der Waals surface area contributed by atoms with Crippen molar-refractivity contribution in [3.8, 4) is 5.75 Å². The molecule has 0 amide bonds. The van der Waals surface area contributed by atoms with E-state index < -0.39 is 0 Å². The maximum Gasteiger partial charge on any atom is 0.124 e. The number of hydrogen-bond acceptors (Lipinski definition) is 3. The number of hydrogen-bond donors (Lipinski definition) is 2. The summed E-state index contributed by atoms with van der Waals surface area (Å²) >= 11 is 0. The van der Waals surface area contributed by atoms with E-state index in [0.717, 1.165) is 23.6 Å². The second kappa shape index (κ2) is 4.91. The number of anilines is 1. The number of aromatic nitrogens is 2. The molecule has 0 aliphatic heterocycles. The standard InChI is InChI=1S/C13H17N3O/c1-3-16-13(8-10(2)15-16)14-9-11-6-4-5-7-12(11)17/h4-8,14,17H,3,9H2,1-2H3. The fourth-order valence-corrected chi connectivity index (χ4v) is 1.77. The Balaban J connectivity index is 2.09. The van der Waals surface area contributed by atoms with E-state index in [-0.39, 0.29) is 0 Å². The maximum absolute atomic E-state index is 9.66. The lowest BCUT2D eigenvalue weighted by atomic mass is 10.2. The molecule has 0 saturated heterocycles. The molecule has 2 aromatic rings. The molecule has 1 aromatic heterocycles. The molecule has 0 bridgehead atoms. The molecule has 2 N–H and O–H groups in total. The second-order valence-electron chi connectivity index (χ2n) is 3.97. The number of nitrogens with one attached hydrogen (secondary N) is 1. The maximum atomic E-state index is 9.66. The lowest BCUT2D eigenvalue weighted by Crippen LogP contribution is -2.06. The summed E-state index contributed by atoms with van der Waals surface area (Å²) < 4.78 is 1.91. The molecule has 1 aromatic carbocycles. The van der Waals surface area contributed by atoms with Crippen LogP contribution in [-0.4, -0.2) is 14.9 Å². The van der Waals surface area contributed by atoms with Crippen molar-refractivity contribution in [2.75, 3.05) is 5.32 Å². The lowest BCUT2D eigenvalue weighted by molar-refractivity contribution is 0.469. The highest BCUT2D eigenvalue weighted by Gasteiger charge is 2.04. The van der Waals surface area contributed by atoms with Crippen LogP contribution in [0.4, 0.5) is 5.82 Å². The van der Waals surface area contributed by atoms with Crippen LogP contribution in [0.2, 0.25) is 0 Å². The third-order valence-corrected chi connectivity index (χ3v) is 2.65. The molecule has 0 aliphatic rings. The molecule has 17 heavy (non-hydrogen) atoms. The Kier molecular flexibility index (Phi) is 3.32. The van der Waals surface area contributed by atoms with Gasteiger partial charge in [-0.3, -0.25) is 0 Å². The molecule has 4 nitrogen and oxygen atoms in total. The van der Waals surface area contributed by atoms with E-state index in [4.69, 9.17) is 0 Å². The number of phenols is 1. The van der Waals surface area contributed by atoms with Crippen LogP contribution in [0.25, 0.3) is 0 Å². The van der Waals surface area contributed by atoms with Crippen LogP contribution in [0, 0.1) is 6.92 Å². The van der Waals surface area contributed by atoms with Crippen molar-refractivity contribution in [2.45, 2.75) is 26.9 Å². The predicted molar refractivity (Wildman–Crippen MR) is 68.1 cm³/mol. The van der Waals surface area contributed by atoms with E-state index in [1.165, 1.54) is 0 Å². The van der Waals surface area contributed by atoms with Crippen molar-refractivity contribution in [1.82, 2.24) is 9.78 Å². The molecular weight excluding hydrogens is 214 g/mol. The first-order valence-electron chi connectivity index (χ1n) is 5.76. The number of benzene rings is 1. The summed E-state index contributed by atoms with van der Waals surface area (Å²) in [5.74, 6) is 1.30. The molecule has 4 heteroatoms. The van der Waals surface area contributed by atoms with Gasteiger partial charge in [0, 0.05) is 24.7 Å². The molecule has 2 rings (SSSR count). The summed E-state index contributed by atoms with van der Waals surface area (Å²) in [5, 5.41) is 17.3. The van der Waals surface area contributed by atoms with E-state index in [1.807, 2.05) is 35.9 Å². The van der Waals surface area contributed by atoms with E-state index >= 15 is 0 Å². The van der Waals surface area contributed by atoms with Gasteiger partial charge in [0.1, 0.15) is 11.6 Å². The highest BCUT2D eigenvalue weighted by molar-refractivity contribution is 5.40. The monoisotopic (exact) mass is 231 g/mol. The van der Waals surface area contributed by atoms with Gasteiger partial charge in [0.2, 0.25) is 0 Å². The van der Waals surface area contributed by atoms with Crippen LogP contribution in [0.5, 0.6) is 5.75 Å². The van der Waals surface area contributed by atoms with E-state index in [1.54, 1.807) is 6.07 Å². The Morgan fingerprint density at radius 3 is 2.82 bits per heavy atom. The molecule has 0 aliphatic carbocycles. The van der Waals surface area contributed by atoms with Crippen LogP contribution in [0.1, 0.15) is 18.2 Å². The minimum atomic E-state index is 0.319. The van der Waals surface area contributed by atoms with Gasteiger partial charge >= 0.3 is 0 Å². The summed E-state index contributed by atoms with van der Waals surface area (Å²) in [6.07, 6.45) is 0. The fraction of sp³-hybridized carbons (Fsp3) is 0.308. The van der Waals surface area contributed by atoms with Crippen LogP contribution < -0.4 is 5.32 Å². The van der Waals surface area contributed by atoms with Gasteiger partial charge in [-0.05, 0) is 19.9 Å². The topological polar surface area (TPSA) is 50.1 Å². The van der Waals surface area contributed by atoms with Crippen LogP contribution in [0.3, 0.4) is 0 Å². The number of aromatic hydroxyl groups is 1. The summed E-state index contributed by atoms with van der Waals surface area (Å²) in [4.78, 5) is 0. The SMILES string of the molecule is CCn1nc(C)cc1NCc1ccccc1O. The minimum absolute atomic E-state index is 0.319. The first-order valence-corrected chi connectivity index (χ1v) is 5.76. The molecule has 1 heterocycles. The van der Waals surface area contributed by atoms with Crippen molar-refractivity contribution in [2.24, 2.45) is 0 Å². The zero-order valence-corrected chi connectivity index (χ0v) is 10.1. The molecule has 0 saturated carbocycles. The van der Waals surface area contributed by atoms with Gasteiger partial charge in [-0.15, -0.1) is 0 Å². The summed E-state index contributed by atoms with van der Waals surface area (Å²) in [6.45, 7) is 5.45. The zero-order chi connectivity index (χ0) is 12.3. The third-order valence-electron chi connectivity index (χ3n) is 2.65. The van der Waals surface area contributed by atoms with Crippen molar-refractivity contribution in [3.63, 3.8) is 0 Å². The molecule has 0 atom stereocenters. The number of aryl methyl sites for hydroxylation is 2. The number of para-hydroxylation sites is 1. The number of phenolic OH excluding ortho intramolecular Hbond substituents is 1. The quantitative estimate of drug-likeness (QED) is 0.850. The first kappa shape index (κ1) is 11.5. The Morgan fingerprint density at radius 1 is 1.35 bits per heavy atom. The number of rotatable bonds is 4. The summed E-state index contributed by atoms with van der Waals surface area (Å²) in [6, 6.07) is 9.34.